The van der Waals surface area contributed by atoms with Crippen LogP contribution in [0, 0.1) is 0 Å². The fourth-order valence-corrected chi connectivity index (χ4v) is 4.54. The van der Waals surface area contributed by atoms with Gasteiger partial charge in [0.05, 0.1) is 12.2 Å². The maximum absolute atomic E-state index is 13.7. The minimum atomic E-state index is -1.10. The van der Waals surface area contributed by atoms with Crippen molar-refractivity contribution in [2.75, 3.05) is 4.90 Å². The Labute approximate surface area is 198 Å². The molecule has 3 aromatic rings. The Bertz CT molecular complexity index is 1120. The summed E-state index contributed by atoms with van der Waals surface area (Å²) in [6.45, 7) is 2.04. The number of rotatable bonds is 5. The van der Waals surface area contributed by atoms with Gasteiger partial charge in [-0.05, 0) is 54.4 Å². The Kier molecular flexibility index (Phi) is 6.06. The number of pyridine rings is 1. The first-order valence-electron chi connectivity index (χ1n) is 9.53. The molecule has 4 rings (SSSR count). The molecule has 0 saturated carbocycles. The first-order chi connectivity index (χ1) is 14.8. The number of halogens is 3. The number of imide groups is 1. The topological polar surface area (TPSA) is 53.5 Å². The molecule has 1 saturated heterocycles. The molecular formula is C23H18BrCl2N3O2. The normalized spacial score (nSPS) is 18.7. The third-order valence-corrected chi connectivity index (χ3v) is 6.28. The number of carbonyl (C=O) groups is 2. The maximum Gasteiger partial charge on any atom is 0.332 e. The fourth-order valence-electron chi connectivity index (χ4n) is 3.76. The second kappa shape index (κ2) is 8.61. The number of hydrogen-bond donors (Lipinski definition) is 0. The van der Waals surface area contributed by atoms with Crippen molar-refractivity contribution in [3.8, 4) is 0 Å². The molecule has 31 heavy (non-hydrogen) atoms. The zero-order valence-electron chi connectivity index (χ0n) is 16.6. The summed E-state index contributed by atoms with van der Waals surface area (Å²) >= 11 is 15.7. The van der Waals surface area contributed by atoms with E-state index in [1.54, 1.807) is 48.5 Å². The monoisotopic (exact) mass is 517 g/mol. The van der Waals surface area contributed by atoms with Crippen LogP contribution in [-0.4, -0.2) is 27.4 Å². The van der Waals surface area contributed by atoms with Crippen molar-refractivity contribution in [3.05, 3.63) is 92.6 Å². The van der Waals surface area contributed by atoms with Crippen molar-refractivity contribution < 1.29 is 9.59 Å². The van der Waals surface area contributed by atoms with Gasteiger partial charge < -0.3 is 4.90 Å². The first kappa shape index (κ1) is 21.8. The molecule has 5 nitrogen and oxygen atoms in total. The highest BCUT2D eigenvalue weighted by Gasteiger charge is 2.54. The van der Waals surface area contributed by atoms with Crippen LogP contribution in [0.2, 0.25) is 10.0 Å². The van der Waals surface area contributed by atoms with E-state index < -0.39 is 11.6 Å². The van der Waals surface area contributed by atoms with E-state index >= 15 is 0 Å². The van der Waals surface area contributed by atoms with Crippen molar-refractivity contribution in [3.63, 3.8) is 0 Å². The van der Waals surface area contributed by atoms with Gasteiger partial charge in [-0.3, -0.25) is 9.78 Å². The summed E-state index contributed by atoms with van der Waals surface area (Å²) in [7, 11) is 0. The molecule has 1 aromatic heterocycles. The summed E-state index contributed by atoms with van der Waals surface area (Å²) in [5, 5.41) is 0.701. The van der Waals surface area contributed by atoms with Gasteiger partial charge in [0.1, 0.15) is 5.54 Å². The average molecular weight is 519 g/mol. The number of urea groups is 1. The second-order valence-electron chi connectivity index (χ2n) is 7.58. The smallest absolute Gasteiger partial charge is 0.305 e. The van der Waals surface area contributed by atoms with Crippen LogP contribution >= 0.6 is 39.1 Å². The van der Waals surface area contributed by atoms with Gasteiger partial charge >= 0.3 is 6.03 Å². The van der Waals surface area contributed by atoms with Gasteiger partial charge in [-0.25, -0.2) is 9.69 Å². The molecule has 2 heterocycles. The molecule has 1 aliphatic rings. The van der Waals surface area contributed by atoms with Crippen molar-refractivity contribution in [1.82, 2.24) is 9.88 Å². The van der Waals surface area contributed by atoms with Gasteiger partial charge in [0, 0.05) is 33.3 Å². The van der Waals surface area contributed by atoms with E-state index in [9.17, 15) is 9.59 Å². The van der Waals surface area contributed by atoms with Gasteiger partial charge in [0.15, 0.2) is 0 Å². The highest BCUT2D eigenvalue weighted by atomic mass is 79.9. The van der Waals surface area contributed by atoms with Crippen molar-refractivity contribution in [2.45, 2.75) is 25.4 Å². The van der Waals surface area contributed by atoms with Crippen LogP contribution in [-0.2, 0) is 17.8 Å². The largest absolute Gasteiger partial charge is 0.332 e. The van der Waals surface area contributed by atoms with Crippen LogP contribution < -0.4 is 4.90 Å². The molecule has 0 radical (unpaired) electrons. The number of nitrogens with zero attached hydrogens (tertiary/aromatic N) is 3. The van der Waals surface area contributed by atoms with Gasteiger partial charge in [-0.1, -0.05) is 57.3 Å². The Morgan fingerprint density at radius 2 is 1.68 bits per heavy atom. The van der Waals surface area contributed by atoms with Gasteiger partial charge in [-0.2, -0.15) is 0 Å². The van der Waals surface area contributed by atoms with Crippen molar-refractivity contribution in [2.24, 2.45) is 0 Å². The molecule has 0 bridgehead atoms. The van der Waals surface area contributed by atoms with Crippen molar-refractivity contribution in [1.29, 1.82) is 0 Å². The average Bonchev–Trinajstić information content (AvgIpc) is 2.90. The summed E-state index contributed by atoms with van der Waals surface area (Å²) in [5.41, 5.74) is 1.02. The molecule has 0 N–H and O–H groups in total. The Morgan fingerprint density at radius 1 is 1.00 bits per heavy atom. The van der Waals surface area contributed by atoms with E-state index in [4.69, 9.17) is 23.2 Å². The van der Waals surface area contributed by atoms with E-state index in [1.807, 2.05) is 30.3 Å². The van der Waals surface area contributed by atoms with E-state index in [-0.39, 0.29) is 12.5 Å². The third-order valence-electron chi connectivity index (χ3n) is 5.31. The van der Waals surface area contributed by atoms with Gasteiger partial charge in [0.25, 0.3) is 5.91 Å². The predicted octanol–water partition coefficient (Wildman–Crippen LogP) is 6.12. The van der Waals surface area contributed by atoms with Crippen LogP contribution in [0.5, 0.6) is 0 Å². The molecule has 0 unspecified atom stereocenters. The molecule has 0 spiro atoms. The number of anilines is 1. The molecule has 1 atom stereocenters. The highest BCUT2D eigenvalue weighted by molar-refractivity contribution is 9.10. The highest BCUT2D eigenvalue weighted by Crippen LogP contribution is 2.37. The predicted molar refractivity (Wildman–Crippen MR) is 125 cm³/mol. The number of amides is 3. The number of carbonyl (C=O) groups excluding carboxylic acids is 2. The molecule has 1 fully saturated rings. The quantitative estimate of drug-likeness (QED) is 0.382. The SMILES string of the molecule is C[C@@]1(Cc2ccc(Br)cc2)C(=O)N(c2cc(Cl)cc(Cl)c2)C(=O)N1Cc1cccnc1. The fraction of sp³-hybridized carbons (Fsp3) is 0.174. The lowest BCUT2D eigenvalue weighted by Gasteiger charge is -2.32. The summed E-state index contributed by atoms with van der Waals surface area (Å²) in [6, 6.07) is 15.7. The molecule has 1 aliphatic heterocycles. The summed E-state index contributed by atoms with van der Waals surface area (Å²) < 4.78 is 0.942. The molecule has 8 heteroatoms. The van der Waals surface area contributed by atoms with Crippen LogP contribution in [0.1, 0.15) is 18.1 Å². The molecule has 2 aromatic carbocycles. The maximum atomic E-state index is 13.7. The zero-order valence-corrected chi connectivity index (χ0v) is 19.7. The summed E-state index contributed by atoms with van der Waals surface area (Å²) in [6.07, 6.45) is 3.72. The summed E-state index contributed by atoms with van der Waals surface area (Å²) in [5.74, 6) is -0.331. The van der Waals surface area contributed by atoms with E-state index in [1.165, 1.54) is 0 Å². The van der Waals surface area contributed by atoms with Crippen LogP contribution in [0.4, 0.5) is 10.5 Å². The zero-order chi connectivity index (χ0) is 22.2. The Balaban J connectivity index is 1.77. The molecule has 0 aliphatic carbocycles. The molecule has 158 valence electrons. The van der Waals surface area contributed by atoms with Crippen LogP contribution in [0.25, 0.3) is 0 Å². The second-order valence-corrected chi connectivity index (χ2v) is 9.36. The van der Waals surface area contributed by atoms with Gasteiger partial charge in [-0.15, -0.1) is 0 Å². The lowest BCUT2D eigenvalue weighted by Crippen LogP contribution is -2.48. The Hall–Kier alpha value is -2.41. The lowest BCUT2D eigenvalue weighted by molar-refractivity contribution is -0.124. The van der Waals surface area contributed by atoms with E-state index in [0.717, 1.165) is 20.5 Å². The number of hydrogen-bond acceptors (Lipinski definition) is 3. The summed E-state index contributed by atoms with van der Waals surface area (Å²) in [4.78, 5) is 34.1. The van der Waals surface area contributed by atoms with Crippen LogP contribution in [0.15, 0.2) is 71.5 Å². The van der Waals surface area contributed by atoms with Gasteiger partial charge in [0.2, 0.25) is 0 Å². The standard InChI is InChI=1S/C23H18BrCl2N3O2/c1-23(12-15-4-6-17(24)7-5-15)21(30)29(20-10-18(25)9-19(26)11-20)22(31)28(23)14-16-3-2-8-27-13-16/h2-11,13H,12,14H2,1H3/t23-/m1/s1. The Morgan fingerprint density at radius 3 is 2.29 bits per heavy atom. The third kappa shape index (κ3) is 4.33. The first-order valence-corrected chi connectivity index (χ1v) is 11.1. The minimum absolute atomic E-state index is 0.246. The number of benzene rings is 2. The minimum Gasteiger partial charge on any atom is -0.305 e. The molecule has 3 amide bonds. The lowest BCUT2D eigenvalue weighted by atomic mass is 9.90. The molecular weight excluding hydrogens is 501 g/mol. The van der Waals surface area contributed by atoms with E-state index in [2.05, 4.69) is 20.9 Å². The van der Waals surface area contributed by atoms with Crippen LogP contribution in [0.3, 0.4) is 0 Å². The van der Waals surface area contributed by atoms with E-state index in [0.29, 0.717) is 22.2 Å². The number of aromatic nitrogens is 1. The van der Waals surface area contributed by atoms with Crippen molar-refractivity contribution >= 4 is 56.8 Å².